The Hall–Kier alpha value is -6.32. The lowest BCUT2D eigenvalue weighted by atomic mass is 9.96. The van der Waals surface area contributed by atoms with Gasteiger partial charge in [-0.1, -0.05) is 84.9 Å². The molecule has 3 nitrogen and oxygen atoms in total. The van der Waals surface area contributed by atoms with E-state index in [1.165, 1.54) is 66.1 Å². The van der Waals surface area contributed by atoms with Gasteiger partial charge in [0.2, 0.25) is 0 Å². The fourth-order valence-electron chi connectivity index (χ4n) is 8.29. The van der Waals surface area contributed by atoms with E-state index in [0.29, 0.717) is 0 Å². The third-order valence-corrected chi connectivity index (χ3v) is 11.6. The second-order valence-electron chi connectivity index (χ2n) is 15.5. The van der Waals surface area contributed by atoms with Gasteiger partial charge < -0.3 is 14.2 Å². The molecule has 1 heterocycles. The summed E-state index contributed by atoms with van der Waals surface area (Å²) in [4.78, 5) is 4.85. The Morgan fingerprint density at radius 2 is 0.709 bits per heavy atom. The summed E-state index contributed by atoms with van der Waals surface area (Å²) in [5, 5.41) is 6.98. The number of anilines is 6. The summed E-state index contributed by atoms with van der Waals surface area (Å²) >= 11 is 0. The zero-order valence-electron chi connectivity index (χ0n) is 33.0. The van der Waals surface area contributed by atoms with E-state index in [9.17, 15) is 0 Å². The van der Waals surface area contributed by atoms with Crippen molar-refractivity contribution in [1.82, 2.24) is 0 Å². The average molecular weight is 715 g/mol. The zero-order valence-corrected chi connectivity index (χ0v) is 33.0. The maximum absolute atomic E-state index is 7.13. The monoisotopic (exact) mass is 714 g/mol. The molecule has 0 unspecified atom stereocenters. The zero-order chi connectivity index (χ0) is 38.1. The minimum absolute atomic E-state index is 0.870. The summed E-state index contributed by atoms with van der Waals surface area (Å²) < 4.78 is 7.13. The molecule has 3 heteroatoms. The first kappa shape index (κ1) is 34.4. The van der Waals surface area contributed by atoms with Crippen molar-refractivity contribution >= 4 is 77.6 Å². The fraction of sp³-hybridized carbons (Fsp3) is 0.154. The SMILES string of the molecule is Cc1ccc(C)c(N(c2ccc(C)c(C)c2)c2cc3oc4cc(N(c5ccc(C)c(C)c5)c5cc(C)ccc5C)c5ccccc5c4c3c3ccccc23)c1. The highest BCUT2D eigenvalue weighted by molar-refractivity contribution is 6.30. The van der Waals surface area contributed by atoms with Crippen LogP contribution < -0.4 is 9.80 Å². The van der Waals surface area contributed by atoms with Crippen molar-refractivity contribution in [1.29, 1.82) is 0 Å². The smallest absolute Gasteiger partial charge is 0.138 e. The minimum atomic E-state index is 0.870. The standard InChI is InChI=1S/C52H46N2O/c1-31-17-19-35(5)45(25-31)53(39-23-21-33(3)37(7)27-39)47-29-49-51(43-15-11-9-13-41(43)47)52-44-16-12-10-14-42(44)48(30-50(52)55-49)54(40-24-22-34(4)38(8)28-40)46-26-32(2)18-20-36(46)6/h9-30H,1-8H3. The molecule has 0 radical (unpaired) electrons. The Bertz CT molecular complexity index is 2780. The minimum Gasteiger partial charge on any atom is -0.456 e. The third kappa shape index (κ3) is 5.74. The number of hydrogen-bond donors (Lipinski definition) is 0. The van der Waals surface area contributed by atoms with Gasteiger partial charge in [-0.15, -0.1) is 0 Å². The van der Waals surface area contributed by atoms with Gasteiger partial charge in [-0.05, 0) is 147 Å². The van der Waals surface area contributed by atoms with Crippen molar-refractivity contribution in [3.05, 3.63) is 178 Å². The first-order valence-corrected chi connectivity index (χ1v) is 19.3. The Morgan fingerprint density at radius 3 is 1.11 bits per heavy atom. The molecular weight excluding hydrogens is 669 g/mol. The van der Waals surface area contributed by atoms with E-state index in [4.69, 9.17) is 4.42 Å². The van der Waals surface area contributed by atoms with Gasteiger partial charge in [0.05, 0.1) is 11.4 Å². The van der Waals surface area contributed by atoms with Crippen LogP contribution in [-0.4, -0.2) is 0 Å². The van der Waals surface area contributed by atoms with Crippen LogP contribution in [-0.2, 0) is 0 Å². The Balaban J connectivity index is 1.38. The van der Waals surface area contributed by atoms with E-state index < -0.39 is 0 Å². The van der Waals surface area contributed by atoms with Crippen LogP contribution in [0.5, 0.6) is 0 Å². The first-order valence-electron chi connectivity index (χ1n) is 19.3. The molecule has 8 aromatic carbocycles. The van der Waals surface area contributed by atoms with Gasteiger partial charge in [0, 0.05) is 56.4 Å². The van der Waals surface area contributed by atoms with E-state index in [-0.39, 0.29) is 0 Å². The molecule has 0 bridgehead atoms. The Labute approximate surface area is 324 Å². The number of furan rings is 1. The molecule has 0 saturated carbocycles. The molecule has 55 heavy (non-hydrogen) atoms. The number of fused-ring (bicyclic) bond motifs is 7. The fourth-order valence-corrected chi connectivity index (χ4v) is 8.29. The van der Waals surface area contributed by atoms with E-state index in [0.717, 1.165) is 56.1 Å². The van der Waals surface area contributed by atoms with Crippen LogP contribution in [0.2, 0.25) is 0 Å². The number of nitrogens with zero attached hydrogens (tertiary/aromatic N) is 2. The highest BCUT2D eigenvalue weighted by atomic mass is 16.3. The quantitative estimate of drug-likeness (QED) is 0.171. The molecule has 1 aromatic heterocycles. The summed E-state index contributed by atoms with van der Waals surface area (Å²) in [7, 11) is 0. The lowest BCUT2D eigenvalue weighted by molar-refractivity contribution is 0.669. The maximum atomic E-state index is 7.13. The Kier molecular flexibility index (Phi) is 8.27. The van der Waals surface area contributed by atoms with Gasteiger partial charge in [0.15, 0.2) is 0 Å². The summed E-state index contributed by atoms with van der Waals surface area (Å²) in [5.41, 5.74) is 18.5. The van der Waals surface area contributed by atoms with Crippen LogP contribution in [0, 0.1) is 55.4 Å². The van der Waals surface area contributed by atoms with Gasteiger partial charge in [-0.25, -0.2) is 0 Å². The van der Waals surface area contributed by atoms with Crippen molar-refractivity contribution in [2.75, 3.05) is 9.80 Å². The second kappa shape index (κ2) is 13.2. The average Bonchev–Trinajstić information content (AvgIpc) is 3.56. The summed E-state index contributed by atoms with van der Waals surface area (Å²) in [6.07, 6.45) is 0. The van der Waals surface area contributed by atoms with E-state index in [1.54, 1.807) is 0 Å². The molecule has 0 atom stereocenters. The van der Waals surface area contributed by atoms with Gasteiger partial charge in [0.1, 0.15) is 11.2 Å². The molecule has 9 aromatic rings. The number of rotatable bonds is 6. The van der Waals surface area contributed by atoms with Gasteiger partial charge in [-0.2, -0.15) is 0 Å². The highest BCUT2D eigenvalue weighted by Crippen LogP contribution is 2.50. The maximum Gasteiger partial charge on any atom is 0.138 e. The lowest BCUT2D eigenvalue weighted by Gasteiger charge is -2.29. The van der Waals surface area contributed by atoms with Crippen LogP contribution in [0.4, 0.5) is 34.1 Å². The molecule has 270 valence electrons. The lowest BCUT2D eigenvalue weighted by Crippen LogP contribution is -2.12. The van der Waals surface area contributed by atoms with Gasteiger partial charge in [0.25, 0.3) is 0 Å². The predicted octanol–water partition coefficient (Wildman–Crippen LogP) is 15.3. The molecular formula is C52H46N2O. The largest absolute Gasteiger partial charge is 0.456 e. The normalized spacial score (nSPS) is 11.6. The molecule has 0 aliphatic carbocycles. The van der Waals surface area contributed by atoms with Crippen molar-refractivity contribution in [3.63, 3.8) is 0 Å². The predicted molar refractivity (Wildman–Crippen MR) is 236 cm³/mol. The summed E-state index contributed by atoms with van der Waals surface area (Å²) in [6, 6.07) is 49.2. The first-order chi connectivity index (χ1) is 26.6. The highest BCUT2D eigenvalue weighted by Gasteiger charge is 2.25. The molecule has 0 N–H and O–H groups in total. The molecule has 0 amide bonds. The van der Waals surface area contributed by atoms with Crippen molar-refractivity contribution in [2.45, 2.75) is 55.4 Å². The number of hydrogen-bond acceptors (Lipinski definition) is 3. The van der Waals surface area contributed by atoms with Gasteiger partial charge >= 0.3 is 0 Å². The second-order valence-corrected chi connectivity index (χ2v) is 15.5. The van der Waals surface area contributed by atoms with Crippen molar-refractivity contribution in [2.24, 2.45) is 0 Å². The van der Waals surface area contributed by atoms with Crippen LogP contribution in [0.15, 0.2) is 138 Å². The molecule has 9 rings (SSSR count). The van der Waals surface area contributed by atoms with Gasteiger partial charge in [-0.3, -0.25) is 0 Å². The van der Waals surface area contributed by atoms with Crippen molar-refractivity contribution in [3.8, 4) is 0 Å². The van der Waals surface area contributed by atoms with Crippen molar-refractivity contribution < 1.29 is 4.42 Å². The number of benzene rings is 8. The van der Waals surface area contributed by atoms with E-state index in [1.807, 2.05) is 0 Å². The summed E-state index contributed by atoms with van der Waals surface area (Å²) in [6.45, 7) is 17.5. The van der Waals surface area contributed by atoms with Crippen LogP contribution in [0.1, 0.15) is 44.5 Å². The third-order valence-electron chi connectivity index (χ3n) is 11.6. The molecule has 0 aliphatic heterocycles. The van der Waals surface area contributed by atoms with Crippen LogP contribution in [0.3, 0.4) is 0 Å². The Morgan fingerprint density at radius 1 is 0.327 bits per heavy atom. The number of aryl methyl sites for hydroxylation is 8. The van der Waals surface area contributed by atoms with Crippen LogP contribution in [0.25, 0.3) is 43.5 Å². The molecule has 0 fully saturated rings. The topological polar surface area (TPSA) is 19.6 Å². The van der Waals surface area contributed by atoms with E-state index in [2.05, 4.69) is 199 Å². The molecule has 0 spiro atoms. The molecule has 0 aliphatic rings. The van der Waals surface area contributed by atoms with E-state index >= 15 is 0 Å². The summed E-state index contributed by atoms with van der Waals surface area (Å²) in [5.74, 6) is 0. The molecule has 0 saturated heterocycles. The van der Waals surface area contributed by atoms with Crippen LogP contribution >= 0.6 is 0 Å².